The topological polar surface area (TPSA) is 121 Å². The van der Waals surface area contributed by atoms with Crippen molar-refractivity contribution in [1.29, 1.82) is 0 Å². The number of carbonyl (C=O) groups excluding carboxylic acids is 2. The number of amides is 2. The molecule has 2 atom stereocenters. The van der Waals surface area contributed by atoms with Crippen LogP contribution in [0.4, 0.5) is 11.8 Å². The fourth-order valence-corrected chi connectivity index (χ4v) is 5.06. The molecule has 3 N–H and O–H groups in total. The van der Waals surface area contributed by atoms with E-state index in [0.29, 0.717) is 42.0 Å². The highest BCUT2D eigenvalue weighted by molar-refractivity contribution is 6.33. The number of carbonyl (C=O) groups is 2. The molecule has 0 aliphatic carbocycles. The zero-order valence-electron chi connectivity index (χ0n) is 22.2. The predicted molar refractivity (Wildman–Crippen MR) is 150 cm³/mol. The third kappa shape index (κ3) is 5.81. The Balaban J connectivity index is 1.29. The smallest absolute Gasteiger partial charge is 0.255 e. The molecule has 0 unspecified atom stereocenters. The number of fused-ring (bicyclic) bond motifs is 1. The molecule has 0 radical (unpaired) electrons. The first-order valence-electron chi connectivity index (χ1n) is 13.1. The molecule has 2 aromatic heterocycles. The van der Waals surface area contributed by atoms with Crippen molar-refractivity contribution in [2.75, 3.05) is 30.9 Å². The van der Waals surface area contributed by atoms with Gasteiger partial charge in [-0.2, -0.15) is 0 Å². The Bertz CT molecular complexity index is 1380. The zero-order valence-corrected chi connectivity index (χ0v) is 23.0. The molecule has 4 heterocycles. The Hall–Kier alpha value is -3.76. The molecule has 0 bridgehead atoms. The number of pyridine rings is 1. The minimum absolute atomic E-state index is 0.200. The molecule has 2 aliphatic rings. The van der Waals surface area contributed by atoms with Crippen molar-refractivity contribution in [3.63, 3.8) is 0 Å². The Morgan fingerprint density at radius 1 is 1.15 bits per heavy atom. The highest BCUT2D eigenvalue weighted by Gasteiger charge is 2.34. The van der Waals surface area contributed by atoms with E-state index >= 15 is 0 Å². The van der Waals surface area contributed by atoms with Crippen LogP contribution in [0.3, 0.4) is 0 Å². The van der Waals surface area contributed by atoms with E-state index in [2.05, 4.69) is 30.9 Å². The Morgan fingerprint density at radius 2 is 1.95 bits per heavy atom. The summed E-state index contributed by atoms with van der Waals surface area (Å²) in [4.78, 5) is 41.3. The first-order chi connectivity index (χ1) is 18.8. The molecule has 3 aromatic rings. The molecule has 2 amide bonds. The average Bonchev–Trinajstić information content (AvgIpc) is 3.29. The molecule has 10 nitrogen and oxygen atoms in total. The second-order valence-corrected chi connectivity index (χ2v) is 10.3. The van der Waals surface area contributed by atoms with Crippen LogP contribution in [-0.4, -0.2) is 64.0 Å². The summed E-state index contributed by atoms with van der Waals surface area (Å²) < 4.78 is 5.42. The number of rotatable bonds is 8. The molecular weight excluding hydrogens is 518 g/mol. The Labute approximate surface area is 232 Å². The van der Waals surface area contributed by atoms with Crippen molar-refractivity contribution >= 4 is 35.2 Å². The molecule has 39 heavy (non-hydrogen) atoms. The van der Waals surface area contributed by atoms with Crippen molar-refractivity contribution in [2.24, 2.45) is 0 Å². The quantitative estimate of drug-likeness (QED) is 0.385. The highest BCUT2D eigenvalue weighted by atomic mass is 35.5. The van der Waals surface area contributed by atoms with Crippen LogP contribution in [0.2, 0.25) is 5.02 Å². The van der Waals surface area contributed by atoms with Gasteiger partial charge in [-0.05, 0) is 56.0 Å². The summed E-state index contributed by atoms with van der Waals surface area (Å²) in [6, 6.07) is 8.68. The van der Waals surface area contributed by atoms with Gasteiger partial charge in [0, 0.05) is 50.2 Å². The van der Waals surface area contributed by atoms with E-state index in [4.69, 9.17) is 16.3 Å². The van der Waals surface area contributed by atoms with Gasteiger partial charge in [0.25, 0.3) is 5.91 Å². The van der Waals surface area contributed by atoms with Gasteiger partial charge in [0.15, 0.2) is 0 Å². The number of ether oxygens (including phenoxy) is 1. The van der Waals surface area contributed by atoms with Gasteiger partial charge in [0.1, 0.15) is 11.9 Å². The maximum atomic E-state index is 13.4. The maximum absolute atomic E-state index is 13.4. The number of halogens is 1. The van der Waals surface area contributed by atoms with E-state index in [1.165, 1.54) is 0 Å². The Kier molecular flexibility index (Phi) is 7.94. The molecule has 1 fully saturated rings. The van der Waals surface area contributed by atoms with E-state index in [1.807, 2.05) is 31.2 Å². The summed E-state index contributed by atoms with van der Waals surface area (Å²) in [6.45, 7) is 5.41. The molecule has 0 spiro atoms. The van der Waals surface area contributed by atoms with Crippen molar-refractivity contribution in [1.82, 2.24) is 25.2 Å². The fourth-order valence-electron chi connectivity index (χ4n) is 4.86. The maximum Gasteiger partial charge on any atom is 0.255 e. The minimum Gasteiger partial charge on any atom is -0.381 e. The summed E-state index contributed by atoms with van der Waals surface area (Å²) in [6.07, 6.45) is 5.03. The van der Waals surface area contributed by atoms with Gasteiger partial charge < -0.3 is 25.6 Å². The molecule has 2 aliphatic heterocycles. The first kappa shape index (κ1) is 26.8. The molecule has 204 valence electrons. The molecule has 1 aromatic carbocycles. The lowest BCUT2D eigenvalue weighted by atomic mass is 10.0. The van der Waals surface area contributed by atoms with E-state index in [9.17, 15) is 9.59 Å². The first-order valence-corrected chi connectivity index (χ1v) is 13.5. The Morgan fingerprint density at radius 3 is 2.72 bits per heavy atom. The van der Waals surface area contributed by atoms with Crippen LogP contribution in [0.15, 0.2) is 42.7 Å². The molecular formula is C28H32ClN7O3. The molecule has 11 heteroatoms. The number of nitrogens with zero attached hydrogens (tertiary/aromatic N) is 4. The van der Waals surface area contributed by atoms with Gasteiger partial charge >= 0.3 is 0 Å². The van der Waals surface area contributed by atoms with Crippen LogP contribution >= 0.6 is 11.6 Å². The molecule has 5 rings (SSSR count). The van der Waals surface area contributed by atoms with Crippen LogP contribution in [0.1, 0.15) is 54.2 Å². The van der Waals surface area contributed by atoms with Gasteiger partial charge in [-0.15, -0.1) is 0 Å². The summed E-state index contributed by atoms with van der Waals surface area (Å²) in [7, 11) is 1.79. The molecule has 0 saturated carbocycles. The third-order valence-corrected chi connectivity index (χ3v) is 7.54. The summed E-state index contributed by atoms with van der Waals surface area (Å²) >= 11 is 6.47. The van der Waals surface area contributed by atoms with Crippen molar-refractivity contribution in [3.05, 3.63) is 64.4 Å². The summed E-state index contributed by atoms with van der Waals surface area (Å²) in [5, 5.41) is 9.77. The van der Waals surface area contributed by atoms with Crippen molar-refractivity contribution in [3.8, 4) is 11.3 Å². The highest BCUT2D eigenvalue weighted by Crippen LogP contribution is 2.32. The second kappa shape index (κ2) is 11.5. The lowest BCUT2D eigenvalue weighted by Gasteiger charge is -2.25. The summed E-state index contributed by atoms with van der Waals surface area (Å²) in [5.41, 5.74) is 3.59. The average molecular weight is 550 g/mol. The van der Waals surface area contributed by atoms with Crippen LogP contribution < -0.4 is 16.0 Å². The number of hydrogen-bond donors (Lipinski definition) is 3. The SMILES string of the molecule is CNc1cc([C@@H](C)NC(=O)[C@@H](C)N2Cc3ccc(-c4nc(NC5CCOCC5)ncc4Cl)cc3C2=O)ccn1. The number of hydrogen-bond acceptors (Lipinski definition) is 8. The molecule has 1 saturated heterocycles. The van der Waals surface area contributed by atoms with Gasteiger partial charge in [0.2, 0.25) is 11.9 Å². The van der Waals surface area contributed by atoms with E-state index in [1.54, 1.807) is 37.3 Å². The fraction of sp³-hybridized carbons (Fsp3) is 0.393. The second-order valence-electron chi connectivity index (χ2n) is 9.86. The minimum atomic E-state index is -0.653. The van der Waals surface area contributed by atoms with Crippen molar-refractivity contribution in [2.45, 2.75) is 51.4 Å². The summed E-state index contributed by atoms with van der Waals surface area (Å²) in [5.74, 6) is 0.784. The van der Waals surface area contributed by atoms with Crippen LogP contribution in [0.5, 0.6) is 0 Å². The monoisotopic (exact) mass is 549 g/mol. The third-order valence-electron chi connectivity index (χ3n) is 7.26. The van der Waals surface area contributed by atoms with Crippen molar-refractivity contribution < 1.29 is 14.3 Å². The predicted octanol–water partition coefficient (Wildman–Crippen LogP) is 4.05. The normalized spacial score (nSPS) is 16.9. The number of nitrogens with one attached hydrogen (secondary N) is 3. The van der Waals surface area contributed by atoms with E-state index in [0.717, 1.165) is 35.3 Å². The van der Waals surface area contributed by atoms with E-state index < -0.39 is 6.04 Å². The van der Waals surface area contributed by atoms with Gasteiger partial charge in [-0.3, -0.25) is 9.59 Å². The standard InChI is InChI=1S/C28H32ClN7O3/c1-16(18-6-9-31-24(13-18)30-3)33-26(37)17(2)36-15-20-5-4-19(12-22(20)27(36)38)25-23(29)14-32-28(35-25)34-21-7-10-39-11-8-21/h4-6,9,12-14,16-17,21H,7-8,10-11,15H2,1-3H3,(H,30,31)(H,33,37)(H,32,34,35)/t16-,17-/m1/s1. The lowest BCUT2D eigenvalue weighted by molar-refractivity contribution is -0.125. The number of anilines is 2. The van der Waals surface area contributed by atoms with Crippen LogP contribution in [0.25, 0.3) is 11.3 Å². The lowest BCUT2D eigenvalue weighted by Crippen LogP contribution is -2.45. The number of benzene rings is 1. The zero-order chi connectivity index (χ0) is 27.5. The van der Waals surface area contributed by atoms with Crippen LogP contribution in [-0.2, 0) is 16.1 Å². The largest absolute Gasteiger partial charge is 0.381 e. The van der Waals surface area contributed by atoms with E-state index in [-0.39, 0.29) is 23.9 Å². The van der Waals surface area contributed by atoms with Gasteiger partial charge in [-0.25, -0.2) is 15.0 Å². The van der Waals surface area contributed by atoms with Crippen LogP contribution in [0, 0.1) is 0 Å². The van der Waals surface area contributed by atoms with Gasteiger partial charge in [-0.1, -0.05) is 23.7 Å². The number of aromatic nitrogens is 3. The van der Waals surface area contributed by atoms with Gasteiger partial charge in [0.05, 0.1) is 23.0 Å².